The second kappa shape index (κ2) is 8.60. The number of hydrogen-bond donors (Lipinski definition) is 1. The number of thiazole rings is 1. The minimum absolute atomic E-state index is 0.0669. The quantitative estimate of drug-likeness (QED) is 0.632. The number of thioether (sulfide) groups is 1. The molecule has 7 heteroatoms. The smallest absolute Gasteiger partial charge is 0.250 e. The molecule has 2 heterocycles. The van der Waals surface area contributed by atoms with Crippen molar-refractivity contribution in [2.24, 2.45) is 5.10 Å². The van der Waals surface area contributed by atoms with Crippen molar-refractivity contribution in [3.8, 4) is 0 Å². The highest BCUT2D eigenvalue weighted by Crippen LogP contribution is 2.28. The summed E-state index contributed by atoms with van der Waals surface area (Å²) < 4.78 is 2.08. The van der Waals surface area contributed by atoms with Gasteiger partial charge < -0.3 is 4.90 Å². The van der Waals surface area contributed by atoms with E-state index in [0.717, 1.165) is 52.7 Å². The minimum Gasteiger partial charge on any atom is -0.303 e. The molecule has 0 radical (unpaired) electrons. The highest BCUT2D eigenvalue weighted by Gasteiger charge is 2.14. The molecule has 0 bridgehead atoms. The standard InChI is InChI=1S/C17H22N4OS2/c1-2-9-21-10-7-13(8-11-21)19-20-16(22)12-23-17-18-14-5-3-4-6-15(14)24-17/h3-6H,2,7-12H2,1H3,(H,20,22). The Morgan fingerprint density at radius 3 is 2.92 bits per heavy atom. The van der Waals surface area contributed by atoms with E-state index >= 15 is 0 Å². The van der Waals surface area contributed by atoms with Crippen LogP contribution in [0.5, 0.6) is 0 Å². The Labute approximate surface area is 150 Å². The molecule has 0 saturated carbocycles. The van der Waals surface area contributed by atoms with Gasteiger partial charge in [0.2, 0.25) is 0 Å². The topological polar surface area (TPSA) is 57.6 Å². The fraction of sp³-hybridized carbons (Fsp3) is 0.471. The lowest BCUT2D eigenvalue weighted by atomic mass is 10.1. The number of fused-ring (bicyclic) bond motifs is 1. The summed E-state index contributed by atoms with van der Waals surface area (Å²) in [7, 11) is 0. The highest BCUT2D eigenvalue weighted by atomic mass is 32.2. The van der Waals surface area contributed by atoms with E-state index in [-0.39, 0.29) is 5.91 Å². The Balaban J connectivity index is 1.43. The number of nitrogens with one attached hydrogen (secondary N) is 1. The van der Waals surface area contributed by atoms with E-state index in [0.29, 0.717) is 5.75 Å². The number of aromatic nitrogens is 1. The van der Waals surface area contributed by atoms with Gasteiger partial charge in [-0.3, -0.25) is 4.79 Å². The SMILES string of the molecule is CCCN1CCC(=NNC(=O)CSc2nc3ccccc3s2)CC1. The first-order chi connectivity index (χ1) is 11.7. The van der Waals surface area contributed by atoms with Gasteiger partial charge in [-0.05, 0) is 25.1 Å². The number of hydrazone groups is 1. The van der Waals surface area contributed by atoms with Crippen molar-refractivity contribution >= 4 is 44.9 Å². The Kier molecular flexibility index (Phi) is 6.23. The van der Waals surface area contributed by atoms with Gasteiger partial charge in [0.1, 0.15) is 0 Å². The molecule has 1 saturated heterocycles. The number of para-hydroxylation sites is 1. The van der Waals surface area contributed by atoms with Crippen LogP contribution in [0.2, 0.25) is 0 Å². The van der Waals surface area contributed by atoms with E-state index in [9.17, 15) is 4.79 Å². The van der Waals surface area contributed by atoms with Crippen molar-refractivity contribution in [1.82, 2.24) is 15.3 Å². The summed E-state index contributed by atoms with van der Waals surface area (Å²) in [6.07, 6.45) is 3.09. The third-order valence-electron chi connectivity index (χ3n) is 3.91. The van der Waals surface area contributed by atoms with Crippen LogP contribution < -0.4 is 5.43 Å². The number of nitrogens with zero attached hydrogens (tertiary/aromatic N) is 3. The third-order valence-corrected chi connectivity index (χ3v) is 6.09. The number of carbonyl (C=O) groups is 1. The molecule has 1 amide bonds. The Hall–Kier alpha value is -1.44. The number of benzene rings is 1. The van der Waals surface area contributed by atoms with E-state index in [2.05, 4.69) is 27.3 Å². The van der Waals surface area contributed by atoms with Gasteiger partial charge in [0, 0.05) is 31.6 Å². The van der Waals surface area contributed by atoms with Gasteiger partial charge in [0.25, 0.3) is 5.91 Å². The van der Waals surface area contributed by atoms with Crippen LogP contribution in [-0.2, 0) is 4.79 Å². The Morgan fingerprint density at radius 1 is 1.38 bits per heavy atom. The number of likely N-dealkylation sites (tertiary alicyclic amines) is 1. The molecule has 1 aromatic carbocycles. The number of carbonyl (C=O) groups excluding carboxylic acids is 1. The molecule has 0 atom stereocenters. The molecule has 128 valence electrons. The number of rotatable bonds is 6. The van der Waals surface area contributed by atoms with Crippen molar-refractivity contribution in [3.05, 3.63) is 24.3 Å². The highest BCUT2D eigenvalue weighted by molar-refractivity contribution is 8.01. The van der Waals surface area contributed by atoms with Crippen molar-refractivity contribution in [3.63, 3.8) is 0 Å². The minimum atomic E-state index is -0.0669. The zero-order chi connectivity index (χ0) is 16.8. The van der Waals surface area contributed by atoms with E-state index < -0.39 is 0 Å². The van der Waals surface area contributed by atoms with Crippen molar-refractivity contribution in [2.75, 3.05) is 25.4 Å². The van der Waals surface area contributed by atoms with Gasteiger partial charge in [0.05, 0.1) is 16.0 Å². The molecule has 5 nitrogen and oxygen atoms in total. The molecule has 1 aliphatic heterocycles. The van der Waals surface area contributed by atoms with Gasteiger partial charge in [0.15, 0.2) is 4.34 Å². The third kappa shape index (κ3) is 4.78. The van der Waals surface area contributed by atoms with E-state index in [1.54, 1.807) is 11.3 Å². The second-order valence-corrected chi connectivity index (χ2v) is 8.04. The Morgan fingerprint density at radius 2 is 2.17 bits per heavy atom. The number of piperidine rings is 1. The summed E-state index contributed by atoms with van der Waals surface area (Å²) in [5, 5.41) is 4.29. The van der Waals surface area contributed by atoms with Gasteiger partial charge >= 0.3 is 0 Å². The molecular weight excluding hydrogens is 340 g/mol. The molecule has 0 spiro atoms. The Bertz CT molecular complexity index is 685. The second-order valence-electron chi connectivity index (χ2n) is 5.79. The summed E-state index contributed by atoms with van der Waals surface area (Å²) in [5.74, 6) is 0.279. The lowest BCUT2D eigenvalue weighted by molar-refractivity contribution is -0.118. The summed E-state index contributed by atoms with van der Waals surface area (Å²) in [5.41, 5.74) is 4.78. The van der Waals surface area contributed by atoms with Crippen LogP contribution in [0.4, 0.5) is 0 Å². The average molecular weight is 363 g/mol. The van der Waals surface area contributed by atoms with E-state index in [4.69, 9.17) is 0 Å². The average Bonchev–Trinajstić information content (AvgIpc) is 3.02. The monoisotopic (exact) mass is 362 g/mol. The maximum atomic E-state index is 12.0. The lowest BCUT2D eigenvalue weighted by Gasteiger charge is -2.26. The molecule has 2 aromatic rings. The van der Waals surface area contributed by atoms with Crippen LogP contribution in [0.1, 0.15) is 26.2 Å². The summed E-state index contributed by atoms with van der Waals surface area (Å²) >= 11 is 3.09. The zero-order valence-electron chi connectivity index (χ0n) is 13.8. The van der Waals surface area contributed by atoms with Crippen LogP contribution in [0.25, 0.3) is 10.2 Å². The molecular formula is C17H22N4OS2. The first kappa shape index (κ1) is 17.4. The van der Waals surface area contributed by atoms with Crippen LogP contribution in [-0.4, -0.2) is 46.9 Å². The van der Waals surface area contributed by atoms with Crippen LogP contribution in [0.3, 0.4) is 0 Å². The largest absolute Gasteiger partial charge is 0.303 e. The molecule has 1 N–H and O–H groups in total. The molecule has 1 aromatic heterocycles. The summed E-state index contributed by atoms with van der Waals surface area (Å²) in [6, 6.07) is 8.02. The lowest BCUT2D eigenvalue weighted by Crippen LogP contribution is -2.35. The number of amides is 1. The summed E-state index contributed by atoms with van der Waals surface area (Å²) in [6.45, 7) is 5.44. The van der Waals surface area contributed by atoms with Crippen LogP contribution in [0.15, 0.2) is 33.7 Å². The fourth-order valence-corrected chi connectivity index (χ4v) is 4.54. The molecule has 24 heavy (non-hydrogen) atoms. The van der Waals surface area contributed by atoms with Gasteiger partial charge in [-0.15, -0.1) is 11.3 Å². The predicted octanol–water partition coefficient (Wildman–Crippen LogP) is 3.37. The van der Waals surface area contributed by atoms with Gasteiger partial charge in [-0.25, -0.2) is 10.4 Å². The molecule has 1 fully saturated rings. The molecule has 1 aliphatic rings. The maximum Gasteiger partial charge on any atom is 0.250 e. The maximum absolute atomic E-state index is 12.0. The van der Waals surface area contributed by atoms with E-state index in [1.165, 1.54) is 18.2 Å². The zero-order valence-corrected chi connectivity index (χ0v) is 15.5. The molecule has 0 unspecified atom stereocenters. The van der Waals surface area contributed by atoms with Gasteiger partial charge in [-0.1, -0.05) is 30.8 Å². The molecule has 3 rings (SSSR count). The molecule has 0 aliphatic carbocycles. The van der Waals surface area contributed by atoms with Gasteiger partial charge in [-0.2, -0.15) is 5.10 Å². The van der Waals surface area contributed by atoms with E-state index in [1.807, 2.05) is 24.3 Å². The normalized spacial score (nSPS) is 15.6. The number of hydrogen-bond acceptors (Lipinski definition) is 6. The van der Waals surface area contributed by atoms with Crippen molar-refractivity contribution < 1.29 is 4.79 Å². The van der Waals surface area contributed by atoms with Crippen LogP contribution >= 0.6 is 23.1 Å². The van der Waals surface area contributed by atoms with Crippen molar-refractivity contribution in [1.29, 1.82) is 0 Å². The predicted molar refractivity (Wildman–Crippen MR) is 102 cm³/mol. The van der Waals surface area contributed by atoms with Crippen molar-refractivity contribution in [2.45, 2.75) is 30.5 Å². The first-order valence-electron chi connectivity index (χ1n) is 8.29. The first-order valence-corrected chi connectivity index (χ1v) is 10.1. The summed E-state index contributed by atoms with van der Waals surface area (Å²) in [4.78, 5) is 18.9. The fourth-order valence-electron chi connectivity index (χ4n) is 2.68. The van der Waals surface area contributed by atoms with Crippen LogP contribution in [0, 0.1) is 0 Å².